The fourth-order valence-corrected chi connectivity index (χ4v) is 1.71. The molecule has 2 amide bonds. The van der Waals surface area contributed by atoms with E-state index in [1.54, 1.807) is 4.90 Å². The van der Waals surface area contributed by atoms with Gasteiger partial charge >= 0.3 is 0 Å². The summed E-state index contributed by atoms with van der Waals surface area (Å²) < 4.78 is 0. The van der Waals surface area contributed by atoms with E-state index < -0.39 is 0 Å². The number of hydrogen-bond donors (Lipinski definition) is 1. The van der Waals surface area contributed by atoms with Gasteiger partial charge in [0.25, 0.3) is 0 Å². The molecule has 1 unspecified atom stereocenters. The zero-order chi connectivity index (χ0) is 12.0. The summed E-state index contributed by atoms with van der Waals surface area (Å²) in [6, 6.07) is 0. The van der Waals surface area contributed by atoms with Crippen LogP contribution in [-0.2, 0) is 9.59 Å². The number of rotatable bonds is 5. The minimum atomic E-state index is -0.0997. The largest absolute Gasteiger partial charge is 0.355 e. The molecule has 0 radical (unpaired) electrons. The lowest BCUT2D eigenvalue weighted by atomic mass is 10.1. The van der Waals surface area contributed by atoms with Gasteiger partial charge in [0.15, 0.2) is 0 Å². The highest BCUT2D eigenvalue weighted by atomic mass is 16.2. The summed E-state index contributed by atoms with van der Waals surface area (Å²) >= 11 is 0. The van der Waals surface area contributed by atoms with Crippen molar-refractivity contribution in [2.75, 3.05) is 26.2 Å². The van der Waals surface area contributed by atoms with Gasteiger partial charge in [-0.05, 0) is 11.4 Å². The Kier molecular flexibility index (Phi) is 4.60. The van der Waals surface area contributed by atoms with Gasteiger partial charge in [-0.1, -0.05) is 5.11 Å². The molecule has 1 fully saturated rings. The van der Waals surface area contributed by atoms with Gasteiger partial charge in [-0.25, -0.2) is 0 Å². The van der Waals surface area contributed by atoms with E-state index in [9.17, 15) is 9.59 Å². The molecule has 1 aliphatic heterocycles. The van der Waals surface area contributed by atoms with Crippen LogP contribution in [0.25, 0.3) is 10.4 Å². The van der Waals surface area contributed by atoms with E-state index in [0.717, 1.165) is 0 Å². The van der Waals surface area contributed by atoms with Crippen molar-refractivity contribution in [1.29, 1.82) is 0 Å². The first kappa shape index (κ1) is 12.3. The van der Waals surface area contributed by atoms with E-state index in [-0.39, 0.29) is 17.7 Å². The molecule has 0 saturated carbocycles. The smallest absolute Gasteiger partial charge is 0.222 e. The van der Waals surface area contributed by atoms with E-state index in [2.05, 4.69) is 15.3 Å². The monoisotopic (exact) mass is 225 g/mol. The molecular weight excluding hydrogens is 210 g/mol. The number of azide groups is 1. The van der Waals surface area contributed by atoms with E-state index in [1.165, 1.54) is 6.92 Å². The number of amides is 2. The SMILES string of the molecule is CC(=O)NCCN1CC(CN=[N+]=[N-])CC1=O. The summed E-state index contributed by atoms with van der Waals surface area (Å²) in [5.41, 5.74) is 8.17. The topological polar surface area (TPSA) is 98.2 Å². The summed E-state index contributed by atoms with van der Waals surface area (Å²) in [4.78, 5) is 26.5. The second-order valence-corrected chi connectivity index (χ2v) is 3.81. The Hall–Kier alpha value is -1.75. The molecular formula is C9H15N5O2. The number of likely N-dealkylation sites (tertiary alicyclic amines) is 1. The van der Waals surface area contributed by atoms with Crippen molar-refractivity contribution in [2.45, 2.75) is 13.3 Å². The first-order valence-electron chi connectivity index (χ1n) is 5.16. The number of carbonyl (C=O) groups is 2. The van der Waals surface area contributed by atoms with Crippen molar-refractivity contribution in [3.05, 3.63) is 10.4 Å². The zero-order valence-corrected chi connectivity index (χ0v) is 9.22. The van der Waals surface area contributed by atoms with Gasteiger partial charge in [-0.2, -0.15) is 0 Å². The molecule has 0 spiro atoms. The third-order valence-electron chi connectivity index (χ3n) is 2.45. The first-order chi connectivity index (χ1) is 7.63. The number of carbonyl (C=O) groups excluding carboxylic acids is 2. The highest BCUT2D eigenvalue weighted by molar-refractivity contribution is 5.78. The molecule has 16 heavy (non-hydrogen) atoms. The van der Waals surface area contributed by atoms with Crippen molar-refractivity contribution in [2.24, 2.45) is 11.0 Å². The quantitative estimate of drug-likeness (QED) is 0.413. The standard InChI is InChI=1S/C9H15N5O2/c1-7(15)11-2-3-14-6-8(4-9(14)16)5-12-13-10/h8H,2-6H2,1H3,(H,11,15). The molecule has 1 N–H and O–H groups in total. The van der Waals surface area contributed by atoms with Crippen molar-refractivity contribution in [1.82, 2.24) is 10.2 Å². The minimum Gasteiger partial charge on any atom is -0.355 e. The fourth-order valence-electron chi connectivity index (χ4n) is 1.71. The molecule has 1 aliphatic rings. The van der Waals surface area contributed by atoms with Crippen LogP contribution in [0.5, 0.6) is 0 Å². The predicted molar refractivity (Wildman–Crippen MR) is 57.4 cm³/mol. The van der Waals surface area contributed by atoms with E-state index in [1.807, 2.05) is 0 Å². The Bertz CT molecular complexity index is 324. The van der Waals surface area contributed by atoms with Gasteiger partial charge in [0.1, 0.15) is 0 Å². The number of nitrogens with one attached hydrogen (secondary N) is 1. The second kappa shape index (κ2) is 5.97. The molecule has 7 heteroatoms. The van der Waals surface area contributed by atoms with Crippen LogP contribution in [0.2, 0.25) is 0 Å². The molecule has 1 saturated heterocycles. The summed E-state index contributed by atoms with van der Waals surface area (Å²) in [6.45, 7) is 3.40. The molecule has 0 aromatic heterocycles. The fraction of sp³-hybridized carbons (Fsp3) is 0.778. The van der Waals surface area contributed by atoms with Crippen LogP contribution in [0.4, 0.5) is 0 Å². The van der Waals surface area contributed by atoms with Crippen molar-refractivity contribution < 1.29 is 9.59 Å². The van der Waals surface area contributed by atoms with Crippen LogP contribution in [0.3, 0.4) is 0 Å². The van der Waals surface area contributed by atoms with Gasteiger partial charge in [-0.3, -0.25) is 9.59 Å². The average Bonchev–Trinajstić information content (AvgIpc) is 2.56. The van der Waals surface area contributed by atoms with Crippen LogP contribution in [-0.4, -0.2) is 42.9 Å². The molecule has 0 bridgehead atoms. The first-order valence-corrected chi connectivity index (χ1v) is 5.16. The van der Waals surface area contributed by atoms with E-state index >= 15 is 0 Å². The molecule has 1 rings (SSSR count). The number of hydrogen-bond acceptors (Lipinski definition) is 3. The van der Waals surface area contributed by atoms with Crippen LogP contribution in [0.15, 0.2) is 5.11 Å². The van der Waals surface area contributed by atoms with Gasteiger partial charge in [0.05, 0.1) is 0 Å². The maximum Gasteiger partial charge on any atom is 0.222 e. The van der Waals surface area contributed by atoms with Gasteiger partial charge in [0.2, 0.25) is 11.8 Å². The molecule has 7 nitrogen and oxygen atoms in total. The highest BCUT2D eigenvalue weighted by Crippen LogP contribution is 2.17. The van der Waals surface area contributed by atoms with Gasteiger partial charge < -0.3 is 10.2 Å². The van der Waals surface area contributed by atoms with Crippen molar-refractivity contribution >= 4 is 11.8 Å². The Morgan fingerprint density at radius 2 is 2.50 bits per heavy atom. The Labute approximate surface area is 93.4 Å². The Balaban J connectivity index is 2.30. The zero-order valence-electron chi connectivity index (χ0n) is 9.22. The summed E-state index contributed by atoms with van der Waals surface area (Å²) in [5.74, 6) is 0.0708. The minimum absolute atomic E-state index is 0.0588. The molecule has 1 atom stereocenters. The van der Waals surface area contributed by atoms with Crippen LogP contribution >= 0.6 is 0 Å². The lowest BCUT2D eigenvalue weighted by molar-refractivity contribution is -0.128. The van der Waals surface area contributed by atoms with Gasteiger partial charge in [-0.15, -0.1) is 0 Å². The average molecular weight is 225 g/mol. The van der Waals surface area contributed by atoms with Crippen LogP contribution < -0.4 is 5.32 Å². The summed E-state index contributed by atoms with van der Waals surface area (Å²) in [7, 11) is 0. The lowest BCUT2D eigenvalue weighted by Crippen LogP contribution is -2.35. The lowest BCUT2D eigenvalue weighted by Gasteiger charge is -2.16. The Morgan fingerprint density at radius 3 is 3.12 bits per heavy atom. The summed E-state index contributed by atoms with van der Waals surface area (Å²) in [6.07, 6.45) is 0.430. The Morgan fingerprint density at radius 1 is 1.75 bits per heavy atom. The normalized spacial score (nSPS) is 19.4. The second-order valence-electron chi connectivity index (χ2n) is 3.81. The summed E-state index contributed by atoms with van der Waals surface area (Å²) in [5, 5.41) is 6.10. The van der Waals surface area contributed by atoms with Crippen LogP contribution in [0, 0.1) is 5.92 Å². The third-order valence-corrected chi connectivity index (χ3v) is 2.45. The molecule has 1 heterocycles. The van der Waals surface area contributed by atoms with Crippen molar-refractivity contribution in [3.8, 4) is 0 Å². The molecule has 88 valence electrons. The molecule has 0 aromatic carbocycles. The molecule has 0 aromatic rings. The van der Waals surface area contributed by atoms with Gasteiger partial charge in [0, 0.05) is 44.4 Å². The van der Waals surface area contributed by atoms with Crippen LogP contribution in [0.1, 0.15) is 13.3 Å². The highest BCUT2D eigenvalue weighted by Gasteiger charge is 2.28. The van der Waals surface area contributed by atoms with E-state index in [4.69, 9.17) is 5.53 Å². The predicted octanol–water partition coefficient (Wildman–Crippen LogP) is 0.281. The van der Waals surface area contributed by atoms with Crippen molar-refractivity contribution in [3.63, 3.8) is 0 Å². The van der Waals surface area contributed by atoms with E-state index in [0.29, 0.717) is 32.6 Å². The maximum absolute atomic E-state index is 11.5. The number of nitrogens with zero attached hydrogens (tertiary/aromatic N) is 4. The third kappa shape index (κ3) is 3.78. The maximum atomic E-state index is 11.5. The molecule has 0 aliphatic carbocycles.